The van der Waals surface area contributed by atoms with E-state index in [2.05, 4.69) is 14.8 Å². The minimum atomic E-state index is -3.92. The summed E-state index contributed by atoms with van der Waals surface area (Å²) >= 11 is 12.1. The molecule has 11 heteroatoms. The van der Waals surface area contributed by atoms with Crippen molar-refractivity contribution in [1.29, 1.82) is 0 Å². The number of anilines is 1. The SMILES string of the molecule is COP(=O)(O)CNc1nc(F)c(Cl)c(Oc2ccc(O)c(C(C)C)c2)c1Cl. The van der Waals surface area contributed by atoms with Gasteiger partial charge in [-0.2, -0.15) is 9.37 Å². The molecule has 3 N–H and O–H groups in total. The number of aromatic nitrogens is 1. The zero-order valence-corrected chi connectivity index (χ0v) is 17.1. The molecule has 1 aromatic carbocycles. The fourth-order valence-corrected chi connectivity index (χ4v) is 3.06. The third kappa shape index (κ3) is 5.24. The molecule has 0 aliphatic carbocycles. The van der Waals surface area contributed by atoms with E-state index in [1.165, 1.54) is 12.1 Å². The maximum absolute atomic E-state index is 14.1. The summed E-state index contributed by atoms with van der Waals surface area (Å²) in [5, 5.41) is 11.7. The Bertz CT molecular complexity index is 898. The third-order valence-corrected chi connectivity index (χ3v) is 5.38. The number of halogens is 3. The lowest BCUT2D eigenvalue weighted by Crippen LogP contribution is -2.07. The van der Waals surface area contributed by atoms with Crippen LogP contribution in [0.1, 0.15) is 25.3 Å². The number of phenols is 1. The first-order valence-corrected chi connectivity index (χ1v) is 10.2. The topological polar surface area (TPSA) is 101 Å². The highest BCUT2D eigenvalue weighted by atomic mass is 35.5. The van der Waals surface area contributed by atoms with Crippen LogP contribution in [0.15, 0.2) is 18.2 Å². The van der Waals surface area contributed by atoms with Crippen molar-refractivity contribution in [3.8, 4) is 17.2 Å². The highest BCUT2D eigenvalue weighted by Gasteiger charge is 2.23. The Morgan fingerprint density at radius 1 is 1.33 bits per heavy atom. The molecular formula is C16H18Cl2FN2O5P. The minimum absolute atomic E-state index is 0.0126. The maximum atomic E-state index is 14.1. The molecule has 0 radical (unpaired) electrons. The number of nitrogens with zero attached hydrogens (tertiary/aromatic N) is 1. The largest absolute Gasteiger partial charge is 0.508 e. The van der Waals surface area contributed by atoms with Crippen LogP contribution < -0.4 is 10.1 Å². The first-order valence-electron chi connectivity index (χ1n) is 7.72. The second-order valence-corrected chi connectivity index (χ2v) is 8.55. The van der Waals surface area contributed by atoms with Crippen LogP contribution in [0.5, 0.6) is 17.2 Å². The lowest BCUT2D eigenvalue weighted by molar-refractivity contribution is 0.317. The van der Waals surface area contributed by atoms with Crippen molar-refractivity contribution in [1.82, 2.24) is 4.98 Å². The average Bonchev–Trinajstić information content (AvgIpc) is 2.61. The van der Waals surface area contributed by atoms with E-state index in [-0.39, 0.29) is 34.0 Å². The van der Waals surface area contributed by atoms with Gasteiger partial charge in [0.1, 0.15) is 27.8 Å². The molecule has 7 nitrogen and oxygen atoms in total. The Morgan fingerprint density at radius 3 is 2.59 bits per heavy atom. The molecule has 27 heavy (non-hydrogen) atoms. The van der Waals surface area contributed by atoms with Crippen molar-refractivity contribution in [3.63, 3.8) is 0 Å². The first-order chi connectivity index (χ1) is 12.6. The zero-order chi connectivity index (χ0) is 20.4. The first kappa shape index (κ1) is 21.7. The van der Waals surface area contributed by atoms with Gasteiger partial charge in [-0.3, -0.25) is 4.57 Å². The summed E-state index contributed by atoms with van der Waals surface area (Å²) in [7, 11) is -2.86. The quantitative estimate of drug-likeness (QED) is 0.395. The van der Waals surface area contributed by atoms with E-state index in [9.17, 15) is 19.0 Å². The fraction of sp³-hybridized carbons (Fsp3) is 0.312. The summed E-state index contributed by atoms with van der Waals surface area (Å²) in [6.07, 6.45) is -0.548. The zero-order valence-electron chi connectivity index (χ0n) is 14.7. The molecular weight excluding hydrogens is 421 g/mol. The molecule has 0 saturated heterocycles. The summed E-state index contributed by atoms with van der Waals surface area (Å²) in [6.45, 7) is 3.77. The Morgan fingerprint density at radius 2 is 2.00 bits per heavy atom. The minimum Gasteiger partial charge on any atom is -0.508 e. The standard InChI is InChI=1S/C16H18Cl2FN2O5P/c1-8(2)10-6-9(4-5-11(10)22)26-14-12(17)15(19)21-16(13(14)18)20-7-27(23,24)25-3/h4-6,8,22H,7H2,1-3H3,(H,20,21)(H,23,24). The molecule has 0 fully saturated rings. The summed E-state index contributed by atoms with van der Waals surface area (Å²) in [5.41, 5.74) is 0.619. The van der Waals surface area contributed by atoms with E-state index in [1.807, 2.05) is 13.8 Å². The molecule has 2 rings (SSSR count). The third-order valence-electron chi connectivity index (χ3n) is 3.57. The summed E-state index contributed by atoms with van der Waals surface area (Å²) in [4.78, 5) is 13.0. The predicted octanol–water partition coefficient (Wildman–Crippen LogP) is 5.35. The number of ether oxygens (including phenoxy) is 1. The summed E-state index contributed by atoms with van der Waals surface area (Å²) in [5.74, 6) is -1.16. The highest BCUT2D eigenvalue weighted by molar-refractivity contribution is 7.52. The van der Waals surface area contributed by atoms with Gasteiger partial charge in [-0.25, -0.2) is 0 Å². The molecule has 148 valence electrons. The van der Waals surface area contributed by atoms with E-state index in [1.54, 1.807) is 6.07 Å². The molecule has 0 aliphatic rings. The molecule has 0 spiro atoms. The number of phenolic OH excluding ortho intramolecular Hbond substituents is 1. The van der Waals surface area contributed by atoms with E-state index in [0.29, 0.717) is 5.56 Å². The monoisotopic (exact) mass is 438 g/mol. The molecule has 0 saturated carbocycles. The summed E-state index contributed by atoms with van der Waals surface area (Å²) in [6, 6.07) is 4.47. The smallest absolute Gasteiger partial charge is 0.346 e. The molecule has 0 amide bonds. The Labute approximate surface area is 165 Å². The van der Waals surface area contributed by atoms with Gasteiger partial charge in [-0.05, 0) is 24.1 Å². The molecule has 0 aliphatic heterocycles. The van der Waals surface area contributed by atoms with E-state index in [4.69, 9.17) is 27.9 Å². The second kappa shape index (κ2) is 8.63. The predicted molar refractivity (Wildman–Crippen MR) is 102 cm³/mol. The van der Waals surface area contributed by atoms with Gasteiger partial charge < -0.3 is 24.6 Å². The van der Waals surface area contributed by atoms with Gasteiger partial charge in [-0.15, -0.1) is 0 Å². The number of rotatable bonds is 7. The normalized spacial score (nSPS) is 13.5. The number of aromatic hydroxyl groups is 1. The van der Waals surface area contributed by atoms with E-state index in [0.717, 1.165) is 7.11 Å². The fourth-order valence-electron chi connectivity index (χ4n) is 2.12. The van der Waals surface area contributed by atoms with Gasteiger partial charge in [0.15, 0.2) is 11.6 Å². The summed E-state index contributed by atoms with van der Waals surface area (Å²) < 4.78 is 35.7. The Hall–Kier alpha value is -1.57. The van der Waals surface area contributed by atoms with Crippen LogP contribution in [0.4, 0.5) is 10.2 Å². The highest BCUT2D eigenvalue weighted by Crippen LogP contribution is 2.44. The van der Waals surface area contributed by atoms with Gasteiger partial charge in [0.05, 0.1) is 0 Å². The van der Waals surface area contributed by atoms with Crippen molar-refractivity contribution < 1.29 is 28.2 Å². The average molecular weight is 439 g/mol. The van der Waals surface area contributed by atoms with Gasteiger partial charge >= 0.3 is 7.60 Å². The van der Waals surface area contributed by atoms with Crippen molar-refractivity contribution in [2.75, 3.05) is 18.7 Å². The van der Waals surface area contributed by atoms with Crippen LogP contribution in [0.2, 0.25) is 10.0 Å². The van der Waals surface area contributed by atoms with Crippen molar-refractivity contribution >= 4 is 36.6 Å². The van der Waals surface area contributed by atoms with Crippen LogP contribution in [0, 0.1) is 5.95 Å². The van der Waals surface area contributed by atoms with Crippen molar-refractivity contribution in [2.45, 2.75) is 19.8 Å². The number of pyridine rings is 1. The molecule has 1 aromatic heterocycles. The Balaban J connectivity index is 2.39. The van der Waals surface area contributed by atoms with Crippen molar-refractivity contribution in [3.05, 3.63) is 39.8 Å². The van der Waals surface area contributed by atoms with Gasteiger partial charge in [0.2, 0.25) is 5.95 Å². The van der Waals surface area contributed by atoms with E-state index >= 15 is 0 Å². The molecule has 1 atom stereocenters. The van der Waals surface area contributed by atoms with Crippen molar-refractivity contribution in [2.24, 2.45) is 0 Å². The molecule has 0 bridgehead atoms. The van der Waals surface area contributed by atoms with Crippen LogP contribution in [-0.2, 0) is 9.09 Å². The van der Waals surface area contributed by atoms with Crippen LogP contribution in [0.25, 0.3) is 0 Å². The van der Waals surface area contributed by atoms with Crippen LogP contribution in [0.3, 0.4) is 0 Å². The van der Waals surface area contributed by atoms with Gasteiger partial charge in [0.25, 0.3) is 0 Å². The van der Waals surface area contributed by atoms with E-state index < -0.39 is 24.9 Å². The molecule has 1 heterocycles. The lowest BCUT2D eigenvalue weighted by atomic mass is 10.0. The second-order valence-electron chi connectivity index (χ2n) is 5.84. The number of nitrogens with one attached hydrogen (secondary N) is 1. The number of hydrogen-bond donors (Lipinski definition) is 3. The number of hydrogen-bond acceptors (Lipinski definition) is 6. The maximum Gasteiger partial charge on any atom is 0.346 e. The number of benzene rings is 1. The lowest BCUT2D eigenvalue weighted by Gasteiger charge is -2.16. The van der Waals surface area contributed by atoms with Crippen LogP contribution >= 0.6 is 30.8 Å². The van der Waals surface area contributed by atoms with Gasteiger partial charge in [-0.1, -0.05) is 37.0 Å². The molecule has 2 aromatic rings. The Kier molecular flexibility index (Phi) is 6.94. The van der Waals surface area contributed by atoms with Gasteiger partial charge in [0, 0.05) is 12.7 Å². The van der Waals surface area contributed by atoms with Crippen LogP contribution in [-0.4, -0.2) is 28.4 Å². The molecule has 1 unspecified atom stereocenters.